The minimum absolute atomic E-state index is 0.143. The maximum Gasteiger partial charge on any atom is 0.330 e. The van der Waals surface area contributed by atoms with Crippen molar-refractivity contribution in [1.82, 2.24) is 4.98 Å². The zero-order chi connectivity index (χ0) is 21.1. The van der Waals surface area contributed by atoms with E-state index in [0.29, 0.717) is 24.6 Å². The molecule has 1 aliphatic heterocycles. The Bertz CT molecular complexity index is 1060. The third kappa shape index (κ3) is 4.11. The molecule has 4 rings (SSSR count). The molecule has 0 spiro atoms. The Balaban J connectivity index is 1.41. The summed E-state index contributed by atoms with van der Waals surface area (Å²) in [5.41, 5.74) is 1.42. The number of para-hydroxylation sites is 1. The van der Waals surface area contributed by atoms with Gasteiger partial charge in [-0.15, -0.1) is 0 Å². The Labute approximate surface area is 177 Å². The maximum absolute atomic E-state index is 13.8. The molecule has 2 heterocycles. The molecule has 1 aliphatic rings. The molecule has 3 amide bonds. The first-order valence-electron chi connectivity index (χ1n) is 9.36. The summed E-state index contributed by atoms with van der Waals surface area (Å²) in [6, 6.07) is 16.9. The number of benzene rings is 2. The predicted octanol–water partition coefficient (Wildman–Crippen LogP) is 4.50. The molecule has 1 N–H and O–H groups in total. The first kappa shape index (κ1) is 19.8. The summed E-state index contributed by atoms with van der Waals surface area (Å²) in [5.74, 6) is -0.445. The fraction of sp³-hybridized carbons (Fsp3) is 0.136. The van der Waals surface area contributed by atoms with Gasteiger partial charge in [-0.25, -0.2) is 14.2 Å². The fourth-order valence-corrected chi connectivity index (χ4v) is 3.51. The Morgan fingerprint density at radius 1 is 1.03 bits per heavy atom. The van der Waals surface area contributed by atoms with Crippen molar-refractivity contribution in [2.45, 2.75) is 6.42 Å². The number of halogens is 2. The van der Waals surface area contributed by atoms with Crippen molar-refractivity contribution in [3.63, 3.8) is 0 Å². The van der Waals surface area contributed by atoms with Gasteiger partial charge in [0.25, 0.3) is 0 Å². The van der Waals surface area contributed by atoms with Gasteiger partial charge in [-0.2, -0.15) is 0 Å². The van der Waals surface area contributed by atoms with Gasteiger partial charge in [0.2, 0.25) is 5.91 Å². The molecule has 3 aromatic rings. The number of carbonyl (C=O) groups excluding carboxylic acids is 2. The molecule has 0 aliphatic carbocycles. The number of nitrogens with zero attached hydrogens (tertiary/aromatic N) is 3. The monoisotopic (exact) mass is 424 g/mol. The highest BCUT2D eigenvalue weighted by molar-refractivity contribution is 6.31. The SMILES string of the molecule is O=C(Cc1c(F)cccc1Cl)Nc1ccc(N2CCN(c3ccccc3)C2=O)nc1. The molecule has 30 heavy (non-hydrogen) atoms. The molecule has 6 nitrogen and oxygen atoms in total. The van der Waals surface area contributed by atoms with Crippen molar-refractivity contribution in [3.8, 4) is 0 Å². The molecule has 0 unspecified atom stereocenters. The first-order chi connectivity index (χ1) is 14.5. The van der Waals surface area contributed by atoms with E-state index in [1.807, 2.05) is 30.3 Å². The van der Waals surface area contributed by atoms with E-state index < -0.39 is 11.7 Å². The lowest BCUT2D eigenvalue weighted by Gasteiger charge is -2.18. The van der Waals surface area contributed by atoms with Crippen LogP contribution in [0.3, 0.4) is 0 Å². The quantitative estimate of drug-likeness (QED) is 0.655. The van der Waals surface area contributed by atoms with E-state index in [9.17, 15) is 14.0 Å². The average molecular weight is 425 g/mol. The lowest BCUT2D eigenvalue weighted by atomic mass is 10.1. The Kier molecular flexibility index (Phi) is 5.63. The lowest BCUT2D eigenvalue weighted by molar-refractivity contribution is -0.115. The van der Waals surface area contributed by atoms with Crippen LogP contribution in [0.4, 0.5) is 26.4 Å². The first-order valence-corrected chi connectivity index (χ1v) is 9.73. The Morgan fingerprint density at radius 2 is 1.80 bits per heavy atom. The number of urea groups is 1. The topological polar surface area (TPSA) is 65.5 Å². The minimum Gasteiger partial charge on any atom is -0.324 e. The van der Waals surface area contributed by atoms with Crippen LogP contribution in [0.2, 0.25) is 5.02 Å². The molecular weight excluding hydrogens is 407 g/mol. The van der Waals surface area contributed by atoms with Gasteiger partial charge in [-0.05, 0) is 36.4 Å². The highest BCUT2D eigenvalue weighted by Crippen LogP contribution is 2.25. The summed E-state index contributed by atoms with van der Waals surface area (Å²) in [6.07, 6.45) is 1.28. The van der Waals surface area contributed by atoms with E-state index in [2.05, 4.69) is 10.3 Å². The second kappa shape index (κ2) is 8.51. The summed E-state index contributed by atoms with van der Waals surface area (Å²) in [6.45, 7) is 1.07. The predicted molar refractivity (Wildman–Crippen MR) is 115 cm³/mol. The van der Waals surface area contributed by atoms with Crippen molar-refractivity contribution in [2.24, 2.45) is 0 Å². The van der Waals surface area contributed by atoms with Crippen molar-refractivity contribution < 1.29 is 14.0 Å². The Hall–Kier alpha value is -3.45. The third-order valence-electron chi connectivity index (χ3n) is 4.78. The molecule has 152 valence electrons. The zero-order valence-corrected chi connectivity index (χ0v) is 16.6. The number of aromatic nitrogens is 1. The molecule has 1 saturated heterocycles. The number of pyridine rings is 1. The molecule has 0 bridgehead atoms. The Morgan fingerprint density at radius 3 is 2.50 bits per heavy atom. The fourth-order valence-electron chi connectivity index (χ4n) is 3.28. The normalized spacial score (nSPS) is 13.6. The average Bonchev–Trinajstić information content (AvgIpc) is 3.13. The van der Waals surface area contributed by atoms with Crippen LogP contribution in [-0.2, 0) is 11.2 Å². The van der Waals surface area contributed by atoms with Gasteiger partial charge in [-0.3, -0.25) is 14.6 Å². The summed E-state index contributed by atoms with van der Waals surface area (Å²) < 4.78 is 13.8. The van der Waals surface area contributed by atoms with Gasteiger partial charge < -0.3 is 5.32 Å². The van der Waals surface area contributed by atoms with E-state index in [-0.39, 0.29) is 23.0 Å². The second-order valence-corrected chi connectivity index (χ2v) is 7.16. The van der Waals surface area contributed by atoms with E-state index in [4.69, 9.17) is 11.6 Å². The number of hydrogen-bond donors (Lipinski definition) is 1. The van der Waals surface area contributed by atoms with Crippen molar-refractivity contribution >= 4 is 40.7 Å². The van der Waals surface area contributed by atoms with Crippen molar-refractivity contribution in [2.75, 3.05) is 28.2 Å². The summed E-state index contributed by atoms with van der Waals surface area (Å²) in [7, 11) is 0. The molecule has 0 atom stereocenters. The molecule has 2 aromatic carbocycles. The molecule has 1 fully saturated rings. The molecular formula is C22H18ClFN4O2. The van der Waals surface area contributed by atoms with Gasteiger partial charge >= 0.3 is 6.03 Å². The van der Waals surface area contributed by atoms with Crippen molar-refractivity contribution in [3.05, 3.63) is 83.3 Å². The minimum atomic E-state index is -0.526. The highest BCUT2D eigenvalue weighted by atomic mass is 35.5. The number of anilines is 3. The number of nitrogens with one attached hydrogen (secondary N) is 1. The van der Waals surface area contributed by atoms with Gasteiger partial charge in [0.15, 0.2) is 0 Å². The van der Waals surface area contributed by atoms with Crippen LogP contribution in [0.15, 0.2) is 66.9 Å². The second-order valence-electron chi connectivity index (χ2n) is 6.75. The van der Waals surface area contributed by atoms with Crippen LogP contribution in [-0.4, -0.2) is 30.0 Å². The summed E-state index contributed by atoms with van der Waals surface area (Å²) >= 11 is 5.97. The van der Waals surface area contributed by atoms with E-state index in [1.54, 1.807) is 21.9 Å². The number of amides is 3. The van der Waals surface area contributed by atoms with Crippen LogP contribution in [0, 0.1) is 5.82 Å². The van der Waals surface area contributed by atoms with Gasteiger partial charge in [0, 0.05) is 29.4 Å². The summed E-state index contributed by atoms with van der Waals surface area (Å²) in [4.78, 5) is 32.5. The van der Waals surface area contributed by atoms with Crippen LogP contribution >= 0.6 is 11.6 Å². The number of carbonyl (C=O) groups is 2. The lowest BCUT2D eigenvalue weighted by Crippen LogP contribution is -2.32. The number of hydrogen-bond acceptors (Lipinski definition) is 3. The summed E-state index contributed by atoms with van der Waals surface area (Å²) in [5, 5.41) is 2.87. The third-order valence-corrected chi connectivity index (χ3v) is 5.14. The highest BCUT2D eigenvalue weighted by Gasteiger charge is 2.31. The van der Waals surface area contributed by atoms with Crippen LogP contribution in [0.1, 0.15) is 5.56 Å². The smallest absolute Gasteiger partial charge is 0.324 e. The van der Waals surface area contributed by atoms with E-state index in [0.717, 1.165) is 5.69 Å². The van der Waals surface area contributed by atoms with Crippen LogP contribution in [0.5, 0.6) is 0 Å². The number of rotatable bonds is 5. The van der Waals surface area contributed by atoms with E-state index in [1.165, 1.54) is 24.4 Å². The zero-order valence-electron chi connectivity index (χ0n) is 15.9. The maximum atomic E-state index is 13.8. The largest absolute Gasteiger partial charge is 0.330 e. The van der Waals surface area contributed by atoms with Gasteiger partial charge in [-0.1, -0.05) is 35.9 Å². The standard InChI is InChI=1S/C22H18ClFN4O2/c23-18-7-4-8-19(24)17(18)13-21(29)26-15-9-10-20(25-14-15)28-12-11-27(22(28)30)16-5-2-1-3-6-16/h1-10,14H,11-13H2,(H,26,29). The van der Waals surface area contributed by atoms with Crippen LogP contribution < -0.4 is 15.1 Å². The van der Waals surface area contributed by atoms with Crippen LogP contribution in [0.25, 0.3) is 0 Å². The molecule has 0 radical (unpaired) electrons. The molecule has 8 heteroatoms. The van der Waals surface area contributed by atoms with Gasteiger partial charge in [0.05, 0.1) is 18.3 Å². The molecule has 0 saturated carbocycles. The molecule has 1 aromatic heterocycles. The van der Waals surface area contributed by atoms with Gasteiger partial charge in [0.1, 0.15) is 11.6 Å². The van der Waals surface area contributed by atoms with Crippen molar-refractivity contribution in [1.29, 1.82) is 0 Å². The van der Waals surface area contributed by atoms with E-state index >= 15 is 0 Å².